The molecule has 1 aromatic carbocycles. The molecule has 0 saturated carbocycles. The van der Waals surface area contributed by atoms with Crippen molar-refractivity contribution in [3.63, 3.8) is 0 Å². The third kappa shape index (κ3) is 2.56. The average molecular weight is 266 g/mol. The first kappa shape index (κ1) is 12.8. The van der Waals surface area contributed by atoms with Gasteiger partial charge in [-0.1, -0.05) is 38.1 Å². The molecule has 0 amide bonds. The van der Waals surface area contributed by atoms with Crippen LogP contribution >= 0.6 is 0 Å². The van der Waals surface area contributed by atoms with Crippen LogP contribution in [0.1, 0.15) is 19.5 Å². The van der Waals surface area contributed by atoms with Gasteiger partial charge in [0.15, 0.2) is 5.82 Å². The first-order chi connectivity index (χ1) is 9.74. The van der Waals surface area contributed by atoms with E-state index in [9.17, 15) is 0 Å². The Morgan fingerprint density at radius 1 is 1.20 bits per heavy atom. The van der Waals surface area contributed by atoms with E-state index in [4.69, 9.17) is 4.98 Å². The van der Waals surface area contributed by atoms with Crippen LogP contribution in [-0.4, -0.2) is 20.8 Å². The summed E-state index contributed by atoms with van der Waals surface area (Å²) in [5, 5.41) is 10.0. The smallest absolute Gasteiger partial charge is 0.161 e. The van der Waals surface area contributed by atoms with Gasteiger partial charge in [-0.3, -0.25) is 0 Å². The van der Waals surface area contributed by atoms with E-state index in [1.807, 2.05) is 23.0 Å². The average Bonchev–Trinajstić information content (AvgIpc) is 2.98. The summed E-state index contributed by atoms with van der Waals surface area (Å²) < 4.78 is 1.82. The molecule has 0 atom stereocenters. The quantitative estimate of drug-likeness (QED) is 0.789. The fourth-order valence-electron chi connectivity index (χ4n) is 2.20. The van der Waals surface area contributed by atoms with Gasteiger partial charge in [0, 0.05) is 30.4 Å². The first-order valence-electron chi connectivity index (χ1n) is 6.86. The van der Waals surface area contributed by atoms with Crippen LogP contribution in [0.25, 0.3) is 16.6 Å². The van der Waals surface area contributed by atoms with Crippen LogP contribution in [0.5, 0.6) is 0 Å². The number of pyridine rings is 1. The Morgan fingerprint density at radius 2 is 2.05 bits per heavy atom. The third-order valence-corrected chi connectivity index (χ3v) is 3.19. The van der Waals surface area contributed by atoms with Gasteiger partial charge in [0.2, 0.25) is 0 Å². The molecule has 0 bridgehead atoms. The molecular weight excluding hydrogens is 248 g/mol. The Kier molecular flexibility index (Phi) is 3.48. The molecule has 0 aliphatic heterocycles. The Hall–Kier alpha value is -2.20. The molecule has 3 rings (SSSR count). The molecule has 4 nitrogen and oxygen atoms in total. The van der Waals surface area contributed by atoms with E-state index in [1.54, 1.807) is 6.20 Å². The van der Waals surface area contributed by atoms with E-state index in [0.29, 0.717) is 6.04 Å². The second-order valence-corrected chi connectivity index (χ2v) is 5.14. The predicted octanol–water partition coefficient (Wildman–Crippen LogP) is 2.92. The molecule has 0 fully saturated rings. The maximum absolute atomic E-state index is 4.75. The minimum Gasteiger partial charge on any atom is -0.309 e. The Morgan fingerprint density at radius 3 is 2.80 bits per heavy atom. The zero-order valence-corrected chi connectivity index (χ0v) is 11.7. The van der Waals surface area contributed by atoms with Gasteiger partial charge in [0.1, 0.15) is 0 Å². The topological polar surface area (TPSA) is 42.7 Å². The van der Waals surface area contributed by atoms with Crippen molar-refractivity contribution >= 4 is 10.8 Å². The van der Waals surface area contributed by atoms with Gasteiger partial charge in [-0.05, 0) is 17.5 Å². The van der Waals surface area contributed by atoms with Gasteiger partial charge in [0.05, 0.1) is 5.69 Å². The Bertz CT molecular complexity index is 702. The SMILES string of the molecule is CC(C)NCc1cc2ccccc2c(-n2cccn2)n1. The van der Waals surface area contributed by atoms with Crippen molar-refractivity contribution in [3.05, 3.63) is 54.5 Å². The van der Waals surface area contributed by atoms with Crippen LogP contribution < -0.4 is 5.32 Å². The van der Waals surface area contributed by atoms with Crippen molar-refractivity contribution in [1.82, 2.24) is 20.1 Å². The van der Waals surface area contributed by atoms with Gasteiger partial charge in [-0.15, -0.1) is 0 Å². The van der Waals surface area contributed by atoms with Crippen LogP contribution in [-0.2, 0) is 6.54 Å². The highest BCUT2D eigenvalue weighted by atomic mass is 15.3. The summed E-state index contributed by atoms with van der Waals surface area (Å²) in [5.41, 5.74) is 1.03. The van der Waals surface area contributed by atoms with Gasteiger partial charge in [-0.2, -0.15) is 5.10 Å². The van der Waals surface area contributed by atoms with Crippen molar-refractivity contribution in [1.29, 1.82) is 0 Å². The lowest BCUT2D eigenvalue weighted by atomic mass is 10.1. The summed E-state index contributed by atoms with van der Waals surface area (Å²) in [6.45, 7) is 5.03. The summed E-state index contributed by atoms with van der Waals surface area (Å²) in [7, 11) is 0. The van der Waals surface area contributed by atoms with E-state index in [1.165, 1.54) is 5.39 Å². The summed E-state index contributed by atoms with van der Waals surface area (Å²) in [5.74, 6) is 0.883. The Balaban J connectivity index is 2.10. The van der Waals surface area contributed by atoms with Crippen LogP contribution in [0.3, 0.4) is 0 Å². The fourth-order valence-corrected chi connectivity index (χ4v) is 2.20. The zero-order chi connectivity index (χ0) is 13.9. The van der Waals surface area contributed by atoms with Crippen molar-refractivity contribution in [3.8, 4) is 5.82 Å². The molecule has 20 heavy (non-hydrogen) atoms. The standard InChI is InChI=1S/C16H18N4/c1-12(2)17-11-14-10-13-6-3-4-7-15(13)16(19-14)20-9-5-8-18-20/h3-10,12,17H,11H2,1-2H3. The highest BCUT2D eigenvalue weighted by Gasteiger charge is 2.08. The molecule has 1 N–H and O–H groups in total. The number of aromatic nitrogens is 3. The normalized spacial score (nSPS) is 11.3. The molecule has 0 aliphatic rings. The number of nitrogens with one attached hydrogen (secondary N) is 1. The maximum atomic E-state index is 4.75. The highest BCUT2D eigenvalue weighted by molar-refractivity contribution is 5.88. The van der Waals surface area contributed by atoms with E-state index >= 15 is 0 Å². The van der Waals surface area contributed by atoms with Crippen LogP contribution in [0.2, 0.25) is 0 Å². The van der Waals surface area contributed by atoms with E-state index < -0.39 is 0 Å². The lowest BCUT2D eigenvalue weighted by molar-refractivity contribution is 0.581. The number of benzene rings is 1. The van der Waals surface area contributed by atoms with Crippen molar-refractivity contribution in [2.45, 2.75) is 26.4 Å². The van der Waals surface area contributed by atoms with Crippen LogP contribution in [0, 0.1) is 0 Å². The third-order valence-electron chi connectivity index (χ3n) is 3.19. The molecule has 0 radical (unpaired) electrons. The number of fused-ring (bicyclic) bond motifs is 1. The molecule has 2 heterocycles. The van der Waals surface area contributed by atoms with Gasteiger partial charge < -0.3 is 5.32 Å². The zero-order valence-electron chi connectivity index (χ0n) is 11.7. The second-order valence-electron chi connectivity index (χ2n) is 5.14. The van der Waals surface area contributed by atoms with E-state index in [0.717, 1.165) is 23.4 Å². The minimum absolute atomic E-state index is 0.441. The predicted molar refractivity (Wildman–Crippen MR) is 80.8 cm³/mol. The number of hydrogen-bond donors (Lipinski definition) is 1. The largest absolute Gasteiger partial charge is 0.309 e. The number of hydrogen-bond acceptors (Lipinski definition) is 3. The van der Waals surface area contributed by atoms with Gasteiger partial charge in [-0.25, -0.2) is 9.67 Å². The van der Waals surface area contributed by atoms with E-state index in [2.05, 4.69) is 48.5 Å². The first-order valence-corrected chi connectivity index (χ1v) is 6.86. The molecule has 0 aliphatic carbocycles. The highest BCUT2D eigenvalue weighted by Crippen LogP contribution is 2.21. The van der Waals surface area contributed by atoms with Gasteiger partial charge in [0.25, 0.3) is 0 Å². The lowest BCUT2D eigenvalue weighted by Crippen LogP contribution is -2.22. The Labute approximate surface area is 118 Å². The molecule has 4 heteroatoms. The van der Waals surface area contributed by atoms with Crippen LogP contribution in [0.4, 0.5) is 0 Å². The number of rotatable bonds is 4. The molecule has 0 spiro atoms. The van der Waals surface area contributed by atoms with E-state index in [-0.39, 0.29) is 0 Å². The van der Waals surface area contributed by atoms with Crippen molar-refractivity contribution < 1.29 is 0 Å². The maximum Gasteiger partial charge on any atom is 0.161 e. The molecule has 102 valence electrons. The summed E-state index contributed by atoms with van der Waals surface area (Å²) in [6.07, 6.45) is 3.70. The van der Waals surface area contributed by atoms with Gasteiger partial charge >= 0.3 is 0 Å². The summed E-state index contributed by atoms with van der Waals surface area (Å²) >= 11 is 0. The molecule has 2 aromatic heterocycles. The monoisotopic (exact) mass is 266 g/mol. The summed E-state index contributed by atoms with van der Waals surface area (Å²) in [6, 6.07) is 12.8. The molecule has 0 saturated heterocycles. The second kappa shape index (κ2) is 5.43. The minimum atomic E-state index is 0.441. The fraction of sp³-hybridized carbons (Fsp3) is 0.250. The van der Waals surface area contributed by atoms with Crippen molar-refractivity contribution in [2.24, 2.45) is 0 Å². The lowest BCUT2D eigenvalue weighted by Gasteiger charge is -2.11. The molecule has 3 aromatic rings. The van der Waals surface area contributed by atoms with Crippen molar-refractivity contribution in [2.75, 3.05) is 0 Å². The number of nitrogens with zero attached hydrogens (tertiary/aromatic N) is 3. The molecule has 0 unspecified atom stereocenters. The summed E-state index contributed by atoms with van der Waals surface area (Å²) in [4.78, 5) is 4.75. The van der Waals surface area contributed by atoms with Crippen LogP contribution in [0.15, 0.2) is 48.8 Å². The molecular formula is C16H18N4.